The molecule has 30 heavy (non-hydrogen) atoms. The Morgan fingerprint density at radius 2 is 1.80 bits per heavy atom. The predicted molar refractivity (Wildman–Crippen MR) is 128 cm³/mol. The average Bonchev–Trinajstić information content (AvgIpc) is 3.17. The number of nitrogens with one attached hydrogen (secondary N) is 1. The molecule has 0 radical (unpaired) electrons. The van der Waals surface area contributed by atoms with E-state index in [4.69, 9.17) is 4.74 Å². The number of hydrogen-bond acceptors (Lipinski definition) is 5. The topological polar surface area (TPSA) is 94.5 Å². The first kappa shape index (κ1) is 24.5. The van der Waals surface area contributed by atoms with Crippen molar-refractivity contribution in [3.05, 3.63) is 29.8 Å². The van der Waals surface area contributed by atoms with Crippen molar-refractivity contribution in [2.75, 3.05) is 63.0 Å². The van der Waals surface area contributed by atoms with Crippen LogP contribution in [-0.2, 0) is 21.2 Å². The Labute approximate surface area is 195 Å². The number of aliphatic imine (C=N–C) groups is 1. The summed E-state index contributed by atoms with van der Waals surface area (Å²) in [5.41, 5.74) is 1.85. The summed E-state index contributed by atoms with van der Waals surface area (Å²) in [6, 6.07) is 7.63. The molecule has 0 saturated carbocycles. The van der Waals surface area contributed by atoms with Gasteiger partial charge in [0.2, 0.25) is 10.0 Å². The first-order valence-electron chi connectivity index (χ1n) is 9.92. The maximum Gasteiger partial charge on any atom is 0.409 e. The summed E-state index contributed by atoms with van der Waals surface area (Å²) in [4.78, 5) is 19.8. The number of halogens is 1. The molecule has 168 valence electrons. The Morgan fingerprint density at radius 3 is 2.47 bits per heavy atom. The first-order chi connectivity index (χ1) is 14.0. The van der Waals surface area contributed by atoms with Gasteiger partial charge >= 0.3 is 6.09 Å². The van der Waals surface area contributed by atoms with Crippen LogP contribution < -0.4 is 9.62 Å². The summed E-state index contributed by atoms with van der Waals surface area (Å²) in [6.45, 7) is 5.23. The molecule has 0 atom stereocenters. The fourth-order valence-corrected chi connectivity index (χ4v) is 5.07. The van der Waals surface area contributed by atoms with Crippen LogP contribution >= 0.6 is 24.0 Å². The van der Waals surface area contributed by atoms with E-state index in [9.17, 15) is 13.2 Å². The van der Waals surface area contributed by atoms with Gasteiger partial charge in [-0.1, -0.05) is 18.2 Å². The van der Waals surface area contributed by atoms with Crippen molar-refractivity contribution in [1.29, 1.82) is 0 Å². The average molecular weight is 551 g/mol. The summed E-state index contributed by atoms with van der Waals surface area (Å²) in [6.07, 6.45) is 0.446. The van der Waals surface area contributed by atoms with Gasteiger partial charge in [-0.25, -0.2) is 13.2 Å². The maximum absolute atomic E-state index is 12.8. The van der Waals surface area contributed by atoms with Crippen molar-refractivity contribution in [2.45, 2.75) is 13.3 Å². The van der Waals surface area contributed by atoms with E-state index in [0.29, 0.717) is 45.3 Å². The molecule has 2 aliphatic rings. The standard InChI is InChI=1S/C19H29N5O4S.HI/c1-3-28-19(25)23-13-11-22(12-14-23)18(20-2)21-9-15-29(26,27)24-10-8-16-6-4-5-7-17(16)24;/h4-7H,3,8-15H2,1-2H3,(H,20,21);1H. The molecule has 0 aromatic heterocycles. The van der Waals surface area contributed by atoms with Crippen molar-refractivity contribution in [3.63, 3.8) is 0 Å². The van der Waals surface area contributed by atoms with E-state index in [1.54, 1.807) is 18.9 Å². The molecule has 1 N–H and O–H groups in total. The lowest BCUT2D eigenvalue weighted by molar-refractivity contribution is 0.0915. The number of anilines is 1. The van der Waals surface area contributed by atoms with Gasteiger partial charge in [-0.2, -0.15) is 0 Å². The molecular formula is C19H30IN5O4S. The van der Waals surface area contributed by atoms with Gasteiger partial charge in [0, 0.05) is 46.3 Å². The van der Waals surface area contributed by atoms with Crippen molar-refractivity contribution in [2.24, 2.45) is 4.99 Å². The van der Waals surface area contributed by atoms with Gasteiger partial charge < -0.3 is 19.9 Å². The van der Waals surface area contributed by atoms with Crippen LogP contribution in [0.1, 0.15) is 12.5 Å². The molecule has 0 unspecified atom stereocenters. The molecule has 1 aromatic rings. The Morgan fingerprint density at radius 1 is 1.13 bits per heavy atom. The third kappa shape index (κ3) is 5.68. The number of piperazine rings is 1. The summed E-state index contributed by atoms with van der Waals surface area (Å²) < 4.78 is 32.1. The van der Waals surface area contributed by atoms with Gasteiger partial charge in [-0.15, -0.1) is 24.0 Å². The van der Waals surface area contributed by atoms with E-state index >= 15 is 0 Å². The molecule has 3 rings (SSSR count). The zero-order valence-corrected chi connectivity index (χ0v) is 20.6. The second-order valence-electron chi connectivity index (χ2n) is 6.91. The van der Waals surface area contributed by atoms with Crippen molar-refractivity contribution < 1.29 is 17.9 Å². The minimum atomic E-state index is -3.41. The largest absolute Gasteiger partial charge is 0.450 e. The van der Waals surface area contributed by atoms with Gasteiger partial charge in [0.1, 0.15) is 0 Å². The van der Waals surface area contributed by atoms with Crippen LogP contribution in [0.5, 0.6) is 0 Å². The van der Waals surface area contributed by atoms with Crippen molar-refractivity contribution >= 4 is 51.7 Å². The second kappa shape index (κ2) is 11.0. The lowest BCUT2D eigenvalue weighted by Gasteiger charge is -2.35. The highest BCUT2D eigenvalue weighted by atomic mass is 127. The predicted octanol–water partition coefficient (Wildman–Crippen LogP) is 1.35. The molecule has 11 heteroatoms. The molecule has 0 spiro atoms. The number of amides is 1. The molecule has 2 heterocycles. The normalized spacial score (nSPS) is 16.7. The molecule has 1 fully saturated rings. The molecule has 1 saturated heterocycles. The van der Waals surface area contributed by atoms with Gasteiger partial charge in [0.15, 0.2) is 5.96 Å². The highest BCUT2D eigenvalue weighted by Gasteiger charge is 2.29. The molecule has 1 amide bonds. The molecular weight excluding hydrogens is 521 g/mol. The van der Waals surface area contributed by atoms with E-state index in [1.807, 2.05) is 29.2 Å². The number of para-hydroxylation sites is 1. The molecule has 0 bridgehead atoms. The Bertz CT molecular complexity index is 856. The molecule has 0 aliphatic carbocycles. The second-order valence-corrected chi connectivity index (χ2v) is 8.93. The van der Waals surface area contributed by atoms with Gasteiger partial charge in [0.25, 0.3) is 0 Å². The summed E-state index contributed by atoms with van der Waals surface area (Å²) in [5, 5.41) is 3.15. The minimum Gasteiger partial charge on any atom is -0.450 e. The van der Waals surface area contributed by atoms with Crippen LogP contribution in [0.3, 0.4) is 0 Å². The van der Waals surface area contributed by atoms with Crippen LogP contribution in [0, 0.1) is 0 Å². The van der Waals surface area contributed by atoms with Crippen LogP contribution in [0.4, 0.5) is 10.5 Å². The third-order valence-electron chi connectivity index (χ3n) is 5.14. The highest BCUT2D eigenvalue weighted by molar-refractivity contribution is 14.0. The number of fused-ring (bicyclic) bond motifs is 1. The first-order valence-corrected chi connectivity index (χ1v) is 11.5. The van der Waals surface area contributed by atoms with Gasteiger partial charge in [0.05, 0.1) is 18.0 Å². The molecule has 2 aliphatic heterocycles. The summed E-state index contributed by atoms with van der Waals surface area (Å²) in [5.74, 6) is 0.633. The third-order valence-corrected chi connectivity index (χ3v) is 6.91. The number of carbonyl (C=O) groups is 1. The molecule has 9 nitrogen and oxygen atoms in total. The number of sulfonamides is 1. The number of nitrogens with zero attached hydrogens (tertiary/aromatic N) is 4. The van der Waals surface area contributed by atoms with Crippen LogP contribution in [0.15, 0.2) is 29.3 Å². The van der Waals surface area contributed by atoms with E-state index in [2.05, 4.69) is 10.3 Å². The zero-order chi connectivity index (χ0) is 20.9. The Balaban J connectivity index is 0.00000320. The monoisotopic (exact) mass is 551 g/mol. The van der Waals surface area contributed by atoms with E-state index in [0.717, 1.165) is 17.7 Å². The SMILES string of the molecule is CCOC(=O)N1CCN(C(=NC)NCCS(=O)(=O)N2CCc3ccccc32)CC1.I. The lowest BCUT2D eigenvalue weighted by atomic mass is 10.2. The number of carbonyl (C=O) groups excluding carboxylic acids is 1. The maximum atomic E-state index is 12.8. The van der Waals surface area contributed by atoms with Crippen molar-refractivity contribution in [3.8, 4) is 0 Å². The smallest absolute Gasteiger partial charge is 0.409 e. The minimum absolute atomic E-state index is 0. The number of rotatable bonds is 5. The van der Waals surface area contributed by atoms with E-state index in [-0.39, 0.29) is 42.4 Å². The van der Waals surface area contributed by atoms with E-state index in [1.165, 1.54) is 4.31 Å². The van der Waals surface area contributed by atoms with Gasteiger partial charge in [-0.05, 0) is 25.0 Å². The lowest BCUT2D eigenvalue weighted by Crippen LogP contribution is -2.54. The fraction of sp³-hybridized carbons (Fsp3) is 0.579. The van der Waals surface area contributed by atoms with Crippen LogP contribution in [0.2, 0.25) is 0 Å². The molecule has 1 aromatic carbocycles. The Kier molecular flexibility index (Phi) is 9.01. The number of ether oxygens (including phenoxy) is 1. The van der Waals surface area contributed by atoms with E-state index < -0.39 is 10.0 Å². The van der Waals surface area contributed by atoms with Crippen LogP contribution in [-0.4, -0.2) is 88.9 Å². The number of guanidine groups is 1. The quantitative estimate of drug-likeness (QED) is 0.338. The van der Waals surface area contributed by atoms with Crippen molar-refractivity contribution in [1.82, 2.24) is 15.1 Å². The number of benzene rings is 1. The highest BCUT2D eigenvalue weighted by Crippen LogP contribution is 2.29. The Hall–Kier alpha value is -1.76. The van der Waals surface area contributed by atoms with Gasteiger partial charge in [-0.3, -0.25) is 9.30 Å². The summed E-state index contributed by atoms with van der Waals surface area (Å²) in [7, 11) is -1.73. The fourth-order valence-electron chi connectivity index (χ4n) is 3.65. The van der Waals surface area contributed by atoms with Crippen LogP contribution in [0.25, 0.3) is 0 Å². The zero-order valence-electron chi connectivity index (χ0n) is 17.4. The summed E-state index contributed by atoms with van der Waals surface area (Å²) >= 11 is 0. The number of hydrogen-bond donors (Lipinski definition) is 1.